The molecule has 0 aliphatic carbocycles. The molecule has 144 valence electrons. The van der Waals surface area contributed by atoms with E-state index in [-0.39, 0.29) is 18.3 Å². The van der Waals surface area contributed by atoms with Crippen molar-refractivity contribution in [2.24, 2.45) is 11.8 Å². The minimum Gasteiger partial charge on any atom is -0.338 e. The fourth-order valence-electron chi connectivity index (χ4n) is 4.73. The molecule has 5 heteroatoms. The highest BCUT2D eigenvalue weighted by atomic mass is 35.5. The van der Waals surface area contributed by atoms with E-state index in [0.717, 1.165) is 25.2 Å². The SMILES string of the molecule is CSc1ccc(C(=O)N2C[C@@H]3CN(C)[C@H](c4ccccc4C)[C@@H]3C2)cc1.Cl. The zero-order chi connectivity index (χ0) is 18.3. The molecule has 2 aromatic rings. The van der Waals surface area contributed by atoms with Gasteiger partial charge >= 0.3 is 0 Å². The van der Waals surface area contributed by atoms with E-state index in [1.54, 1.807) is 11.8 Å². The molecule has 0 unspecified atom stereocenters. The molecule has 2 fully saturated rings. The quantitative estimate of drug-likeness (QED) is 0.705. The van der Waals surface area contributed by atoms with E-state index in [0.29, 0.717) is 17.9 Å². The minimum atomic E-state index is 0. The zero-order valence-electron chi connectivity index (χ0n) is 16.1. The second-order valence-corrected chi connectivity index (χ2v) is 8.48. The number of thioether (sulfide) groups is 1. The Morgan fingerprint density at radius 3 is 2.41 bits per heavy atom. The molecule has 2 saturated heterocycles. The van der Waals surface area contributed by atoms with Gasteiger partial charge in [0.2, 0.25) is 0 Å². The van der Waals surface area contributed by atoms with Crippen LogP contribution in [0.5, 0.6) is 0 Å². The molecule has 0 N–H and O–H groups in total. The Hall–Kier alpha value is -1.49. The molecule has 2 aromatic carbocycles. The van der Waals surface area contributed by atoms with E-state index >= 15 is 0 Å². The Morgan fingerprint density at radius 1 is 1.04 bits per heavy atom. The largest absolute Gasteiger partial charge is 0.338 e. The van der Waals surface area contributed by atoms with Gasteiger partial charge in [-0.2, -0.15) is 0 Å². The fraction of sp³-hybridized carbons (Fsp3) is 0.409. The number of carbonyl (C=O) groups excluding carboxylic acids is 1. The number of hydrogen-bond acceptors (Lipinski definition) is 3. The summed E-state index contributed by atoms with van der Waals surface area (Å²) in [5, 5.41) is 0. The van der Waals surface area contributed by atoms with E-state index in [1.807, 2.05) is 24.3 Å². The topological polar surface area (TPSA) is 23.6 Å². The average Bonchev–Trinajstić information content (AvgIpc) is 3.19. The number of rotatable bonds is 3. The molecule has 27 heavy (non-hydrogen) atoms. The monoisotopic (exact) mass is 402 g/mol. The Balaban J connectivity index is 0.00000210. The number of likely N-dealkylation sites (tertiary alicyclic amines) is 2. The molecule has 2 heterocycles. The van der Waals surface area contributed by atoms with Crippen molar-refractivity contribution < 1.29 is 4.79 Å². The average molecular weight is 403 g/mol. The predicted molar refractivity (Wildman–Crippen MR) is 115 cm³/mol. The predicted octanol–water partition coefficient (Wildman–Crippen LogP) is 4.51. The molecule has 0 bridgehead atoms. The molecule has 1 amide bonds. The number of benzene rings is 2. The summed E-state index contributed by atoms with van der Waals surface area (Å²) in [4.78, 5) is 18.7. The maximum atomic E-state index is 13.0. The lowest BCUT2D eigenvalue weighted by Crippen LogP contribution is -2.33. The first-order valence-electron chi connectivity index (χ1n) is 9.27. The Labute approximate surface area is 172 Å². The number of hydrogen-bond donors (Lipinski definition) is 0. The van der Waals surface area contributed by atoms with Crippen molar-refractivity contribution in [3.8, 4) is 0 Å². The molecule has 3 atom stereocenters. The maximum Gasteiger partial charge on any atom is 0.253 e. The third-order valence-corrected chi connectivity index (χ3v) is 6.77. The summed E-state index contributed by atoms with van der Waals surface area (Å²) in [6.45, 7) is 5.00. The highest BCUT2D eigenvalue weighted by Gasteiger charge is 2.47. The van der Waals surface area contributed by atoms with Crippen molar-refractivity contribution in [1.29, 1.82) is 0 Å². The number of nitrogens with zero attached hydrogens (tertiary/aromatic N) is 2. The van der Waals surface area contributed by atoms with Gasteiger partial charge in [0.05, 0.1) is 0 Å². The summed E-state index contributed by atoms with van der Waals surface area (Å²) in [7, 11) is 2.22. The Kier molecular flexibility index (Phi) is 6.19. The smallest absolute Gasteiger partial charge is 0.253 e. The van der Waals surface area contributed by atoms with Gasteiger partial charge < -0.3 is 4.90 Å². The first kappa shape index (κ1) is 20.2. The lowest BCUT2D eigenvalue weighted by atomic mass is 9.88. The Morgan fingerprint density at radius 2 is 1.74 bits per heavy atom. The van der Waals surface area contributed by atoms with E-state index in [2.05, 4.69) is 54.3 Å². The molecule has 4 rings (SSSR count). The summed E-state index contributed by atoms with van der Waals surface area (Å²) >= 11 is 1.70. The van der Waals surface area contributed by atoms with Crippen molar-refractivity contribution in [2.45, 2.75) is 17.9 Å². The van der Waals surface area contributed by atoms with Crippen LogP contribution in [0.4, 0.5) is 0 Å². The van der Waals surface area contributed by atoms with Crippen LogP contribution in [-0.2, 0) is 0 Å². The van der Waals surface area contributed by atoms with Crippen molar-refractivity contribution in [3.05, 3.63) is 65.2 Å². The van der Waals surface area contributed by atoms with Crippen molar-refractivity contribution in [1.82, 2.24) is 9.80 Å². The minimum absolute atomic E-state index is 0. The summed E-state index contributed by atoms with van der Waals surface area (Å²) in [6.07, 6.45) is 2.06. The van der Waals surface area contributed by atoms with Gasteiger partial charge in [-0.25, -0.2) is 0 Å². The van der Waals surface area contributed by atoms with Crippen LogP contribution >= 0.6 is 24.2 Å². The molecule has 0 saturated carbocycles. The summed E-state index contributed by atoms with van der Waals surface area (Å²) in [6, 6.07) is 17.1. The van der Waals surface area contributed by atoms with Crippen LogP contribution in [0.2, 0.25) is 0 Å². The van der Waals surface area contributed by atoms with Gasteiger partial charge in [-0.05, 0) is 61.5 Å². The van der Waals surface area contributed by atoms with Crippen LogP contribution in [0.1, 0.15) is 27.5 Å². The van der Waals surface area contributed by atoms with Gasteiger partial charge in [-0.3, -0.25) is 9.69 Å². The van der Waals surface area contributed by atoms with Crippen LogP contribution in [0.15, 0.2) is 53.4 Å². The summed E-state index contributed by atoms with van der Waals surface area (Å²) < 4.78 is 0. The lowest BCUT2D eigenvalue weighted by Gasteiger charge is -2.28. The molecule has 3 nitrogen and oxygen atoms in total. The summed E-state index contributed by atoms with van der Waals surface area (Å²) in [5.41, 5.74) is 3.58. The molecule has 2 aliphatic rings. The normalized spacial score (nSPS) is 24.6. The highest BCUT2D eigenvalue weighted by Crippen LogP contribution is 2.45. The van der Waals surface area contributed by atoms with Gasteiger partial charge in [0, 0.05) is 42.1 Å². The molecular formula is C22H27ClN2OS. The van der Waals surface area contributed by atoms with Gasteiger partial charge in [-0.1, -0.05) is 24.3 Å². The standard InChI is InChI=1S/C22H26N2OS.ClH/c1-15-6-4-5-7-19(15)21-20-14-24(13-17(20)12-23(21)2)22(25)16-8-10-18(26-3)11-9-16;/h4-11,17,20-21H,12-14H2,1-3H3;1H/t17-,20+,21+;/m0./s1. The van der Waals surface area contributed by atoms with E-state index in [4.69, 9.17) is 0 Å². The second-order valence-electron chi connectivity index (χ2n) is 7.60. The molecular weight excluding hydrogens is 376 g/mol. The Bertz CT molecular complexity index is 810. The molecule has 2 aliphatic heterocycles. The van der Waals surface area contributed by atoms with E-state index in [9.17, 15) is 4.79 Å². The third kappa shape index (κ3) is 3.75. The number of aryl methyl sites for hydroxylation is 1. The molecule has 0 radical (unpaired) electrons. The molecule has 0 aromatic heterocycles. The van der Waals surface area contributed by atoms with Crippen LogP contribution in [-0.4, -0.2) is 48.6 Å². The van der Waals surface area contributed by atoms with E-state index in [1.165, 1.54) is 16.0 Å². The van der Waals surface area contributed by atoms with Crippen molar-refractivity contribution >= 4 is 30.1 Å². The number of fused-ring (bicyclic) bond motifs is 1. The lowest BCUT2D eigenvalue weighted by molar-refractivity contribution is 0.0767. The van der Waals surface area contributed by atoms with Gasteiger partial charge in [0.15, 0.2) is 0 Å². The zero-order valence-corrected chi connectivity index (χ0v) is 17.7. The van der Waals surface area contributed by atoms with Gasteiger partial charge in [0.1, 0.15) is 0 Å². The van der Waals surface area contributed by atoms with E-state index < -0.39 is 0 Å². The van der Waals surface area contributed by atoms with Crippen LogP contribution in [0.25, 0.3) is 0 Å². The van der Waals surface area contributed by atoms with Crippen molar-refractivity contribution in [3.63, 3.8) is 0 Å². The number of amides is 1. The number of carbonyl (C=O) groups is 1. The summed E-state index contributed by atoms with van der Waals surface area (Å²) in [5.74, 6) is 1.27. The first-order valence-corrected chi connectivity index (χ1v) is 10.5. The van der Waals surface area contributed by atoms with Gasteiger partial charge in [-0.15, -0.1) is 24.2 Å². The first-order chi connectivity index (χ1) is 12.6. The number of halogens is 1. The highest BCUT2D eigenvalue weighted by molar-refractivity contribution is 7.98. The van der Waals surface area contributed by atoms with Crippen LogP contribution < -0.4 is 0 Å². The fourth-order valence-corrected chi connectivity index (χ4v) is 5.13. The van der Waals surface area contributed by atoms with Crippen LogP contribution in [0.3, 0.4) is 0 Å². The second kappa shape index (κ2) is 8.26. The van der Waals surface area contributed by atoms with Crippen molar-refractivity contribution in [2.75, 3.05) is 32.9 Å². The van der Waals surface area contributed by atoms with Gasteiger partial charge in [0.25, 0.3) is 5.91 Å². The third-order valence-electron chi connectivity index (χ3n) is 6.03. The van der Waals surface area contributed by atoms with Crippen LogP contribution in [0, 0.1) is 18.8 Å². The molecule has 0 spiro atoms. The maximum absolute atomic E-state index is 13.0.